The van der Waals surface area contributed by atoms with Crippen LogP contribution >= 0.6 is 0 Å². The van der Waals surface area contributed by atoms with Crippen molar-refractivity contribution in [1.82, 2.24) is 14.5 Å². The van der Waals surface area contributed by atoms with E-state index in [-0.39, 0.29) is 11.5 Å². The van der Waals surface area contributed by atoms with Crippen LogP contribution in [0.2, 0.25) is 0 Å². The summed E-state index contributed by atoms with van der Waals surface area (Å²) < 4.78 is 35.4. The van der Waals surface area contributed by atoms with E-state index < -0.39 is 17.7 Å². The molecule has 0 unspecified atom stereocenters. The summed E-state index contributed by atoms with van der Waals surface area (Å²) in [4.78, 5) is 19.0. The van der Waals surface area contributed by atoms with E-state index in [9.17, 15) is 13.6 Å². The van der Waals surface area contributed by atoms with Crippen LogP contribution in [0.15, 0.2) is 54.5 Å². The fraction of sp³-hybridized carbons (Fsp3) is 0.280. The molecule has 0 bridgehead atoms. The molecule has 0 saturated carbocycles. The van der Waals surface area contributed by atoms with E-state index in [1.165, 1.54) is 12.1 Å². The predicted octanol–water partition coefficient (Wildman–Crippen LogP) is 5.23. The van der Waals surface area contributed by atoms with Crippen LogP contribution in [-0.2, 0) is 4.79 Å². The van der Waals surface area contributed by atoms with E-state index in [1.54, 1.807) is 25.3 Å². The summed E-state index contributed by atoms with van der Waals surface area (Å²) >= 11 is 0. The summed E-state index contributed by atoms with van der Waals surface area (Å²) in [5, 5.41) is 0. The zero-order valence-electron chi connectivity index (χ0n) is 18.3. The molecule has 7 heteroatoms. The van der Waals surface area contributed by atoms with Crippen molar-refractivity contribution in [1.29, 1.82) is 0 Å². The molecule has 32 heavy (non-hydrogen) atoms. The van der Waals surface area contributed by atoms with Gasteiger partial charge < -0.3 is 14.2 Å². The minimum Gasteiger partial charge on any atom is -0.495 e. The highest BCUT2D eigenvalue weighted by Crippen LogP contribution is 2.31. The molecule has 2 aromatic carbocycles. The maximum Gasteiger partial charge on any atom is 0.250 e. The van der Waals surface area contributed by atoms with Gasteiger partial charge in [0.25, 0.3) is 0 Å². The lowest BCUT2D eigenvalue weighted by atomic mass is 9.97. The summed E-state index contributed by atoms with van der Waals surface area (Å²) in [6, 6.07) is 9.21. The molecule has 1 aromatic heterocycles. The lowest BCUT2D eigenvalue weighted by Gasteiger charge is -2.34. The van der Waals surface area contributed by atoms with E-state index in [2.05, 4.69) is 4.98 Å². The second-order valence-corrected chi connectivity index (χ2v) is 7.94. The molecular formula is C25H25F2N3O2. The van der Waals surface area contributed by atoms with Crippen LogP contribution < -0.4 is 4.74 Å². The topological polar surface area (TPSA) is 47.4 Å². The molecule has 1 aliphatic heterocycles. The zero-order valence-corrected chi connectivity index (χ0v) is 18.3. The van der Waals surface area contributed by atoms with Crippen molar-refractivity contribution >= 4 is 12.0 Å². The second kappa shape index (κ2) is 8.94. The minimum atomic E-state index is -0.908. The van der Waals surface area contributed by atoms with Crippen molar-refractivity contribution < 1.29 is 18.3 Å². The number of aryl methyl sites for hydroxylation is 1. The van der Waals surface area contributed by atoms with Crippen molar-refractivity contribution in [2.24, 2.45) is 0 Å². The molecule has 0 radical (unpaired) electrons. The Morgan fingerprint density at radius 2 is 2.03 bits per heavy atom. The molecule has 1 aliphatic rings. The minimum absolute atomic E-state index is 0.166. The average Bonchev–Trinajstić information content (AvgIpc) is 3.22. The Morgan fingerprint density at radius 1 is 1.22 bits per heavy atom. The molecule has 4 rings (SSSR count). The Bertz CT molecular complexity index is 1190. The molecule has 0 N–H and O–H groups in total. The van der Waals surface area contributed by atoms with Gasteiger partial charge in [-0.25, -0.2) is 13.8 Å². The van der Waals surface area contributed by atoms with E-state index >= 15 is 0 Å². The molecule has 166 valence electrons. The summed E-state index contributed by atoms with van der Waals surface area (Å²) in [5.41, 5.74) is 3.39. The van der Waals surface area contributed by atoms with Gasteiger partial charge in [-0.1, -0.05) is 18.2 Å². The number of halogens is 2. The monoisotopic (exact) mass is 437 g/mol. The highest BCUT2D eigenvalue weighted by Gasteiger charge is 2.29. The Balaban J connectivity index is 1.61. The fourth-order valence-electron chi connectivity index (χ4n) is 4.10. The number of hydrogen-bond donors (Lipinski definition) is 0. The van der Waals surface area contributed by atoms with Gasteiger partial charge in [-0.2, -0.15) is 0 Å². The maximum absolute atomic E-state index is 14.3. The van der Waals surface area contributed by atoms with E-state index in [4.69, 9.17) is 4.74 Å². The highest BCUT2D eigenvalue weighted by molar-refractivity contribution is 5.98. The Labute approximate surface area is 186 Å². The van der Waals surface area contributed by atoms with Crippen molar-refractivity contribution in [3.63, 3.8) is 0 Å². The van der Waals surface area contributed by atoms with E-state index in [0.717, 1.165) is 29.4 Å². The van der Waals surface area contributed by atoms with Gasteiger partial charge in [-0.05, 0) is 56.5 Å². The normalized spacial score (nSPS) is 16.5. The van der Waals surface area contributed by atoms with Gasteiger partial charge in [-0.15, -0.1) is 0 Å². The van der Waals surface area contributed by atoms with Crippen molar-refractivity contribution in [2.45, 2.75) is 32.7 Å². The number of carbonyl (C=O) groups excluding carboxylic acids is 1. The fourth-order valence-corrected chi connectivity index (χ4v) is 4.10. The molecular weight excluding hydrogens is 412 g/mol. The van der Waals surface area contributed by atoms with Crippen LogP contribution in [0.25, 0.3) is 11.8 Å². The van der Waals surface area contributed by atoms with Crippen LogP contribution in [0.4, 0.5) is 8.78 Å². The number of benzene rings is 2. The van der Waals surface area contributed by atoms with Crippen molar-refractivity contribution in [2.75, 3.05) is 13.7 Å². The third kappa shape index (κ3) is 4.15. The van der Waals surface area contributed by atoms with E-state index in [1.807, 2.05) is 42.0 Å². The van der Waals surface area contributed by atoms with Gasteiger partial charge in [0.1, 0.15) is 5.75 Å². The average molecular weight is 437 g/mol. The summed E-state index contributed by atoms with van der Waals surface area (Å²) in [6.07, 6.45) is 6.85. The largest absolute Gasteiger partial charge is 0.495 e. The Hall–Kier alpha value is -3.48. The van der Waals surface area contributed by atoms with Crippen LogP contribution in [0.1, 0.15) is 42.6 Å². The quantitative estimate of drug-likeness (QED) is 0.513. The number of amides is 1. The highest BCUT2D eigenvalue weighted by atomic mass is 19.2. The number of nitrogens with zero attached hydrogens (tertiary/aromatic N) is 3. The molecule has 1 fully saturated rings. The first-order chi connectivity index (χ1) is 15.4. The van der Waals surface area contributed by atoms with Crippen molar-refractivity contribution in [3.05, 3.63) is 83.0 Å². The SMILES string of the molecule is COc1cc(C=C2CCCN([C@@H](C)c3cccc(F)c3F)C2=O)ccc1-n1cnc(C)c1. The van der Waals surface area contributed by atoms with Crippen LogP contribution in [-0.4, -0.2) is 34.0 Å². The van der Waals surface area contributed by atoms with Crippen molar-refractivity contribution in [3.8, 4) is 11.4 Å². The van der Waals surface area contributed by atoms with Gasteiger partial charge in [-0.3, -0.25) is 4.79 Å². The summed E-state index contributed by atoms with van der Waals surface area (Å²) in [6.45, 7) is 4.14. The number of piperidine rings is 1. The zero-order chi connectivity index (χ0) is 22.8. The first-order valence-corrected chi connectivity index (χ1v) is 10.5. The van der Waals surface area contributed by atoms with Crippen LogP contribution in [0, 0.1) is 18.6 Å². The number of methoxy groups -OCH3 is 1. The van der Waals surface area contributed by atoms with Gasteiger partial charge in [0.2, 0.25) is 5.91 Å². The third-order valence-corrected chi connectivity index (χ3v) is 5.81. The van der Waals surface area contributed by atoms with Gasteiger partial charge in [0.05, 0.1) is 30.9 Å². The molecule has 5 nitrogen and oxygen atoms in total. The number of rotatable bonds is 5. The van der Waals surface area contributed by atoms with Crippen LogP contribution in [0.5, 0.6) is 5.75 Å². The lowest BCUT2D eigenvalue weighted by molar-refractivity contribution is -0.130. The molecule has 1 atom stereocenters. The molecule has 0 aliphatic carbocycles. The number of aromatic nitrogens is 2. The maximum atomic E-state index is 14.3. The van der Waals surface area contributed by atoms with Gasteiger partial charge >= 0.3 is 0 Å². The Kier molecular flexibility index (Phi) is 6.08. The third-order valence-electron chi connectivity index (χ3n) is 5.81. The number of carbonyl (C=O) groups is 1. The first kappa shape index (κ1) is 21.7. The van der Waals surface area contributed by atoms with E-state index in [0.29, 0.717) is 24.3 Å². The molecule has 2 heterocycles. The second-order valence-electron chi connectivity index (χ2n) is 7.94. The number of ether oxygens (including phenoxy) is 1. The van der Waals surface area contributed by atoms with Gasteiger partial charge in [0.15, 0.2) is 11.6 Å². The first-order valence-electron chi connectivity index (χ1n) is 10.5. The smallest absolute Gasteiger partial charge is 0.250 e. The summed E-state index contributed by atoms with van der Waals surface area (Å²) in [5.74, 6) is -1.32. The van der Waals surface area contributed by atoms with Gasteiger partial charge in [0, 0.05) is 23.9 Å². The predicted molar refractivity (Wildman–Crippen MR) is 119 cm³/mol. The molecule has 1 amide bonds. The molecule has 3 aromatic rings. The Morgan fingerprint density at radius 3 is 2.75 bits per heavy atom. The lowest BCUT2D eigenvalue weighted by Crippen LogP contribution is -2.39. The standard InChI is InChI=1S/C25H25F2N3O2/c1-16-14-29(15-28-16)22-10-9-18(13-23(22)32-3)12-19-6-5-11-30(25(19)31)17(2)20-7-4-8-21(26)24(20)27/h4,7-10,12-15,17H,5-6,11H2,1-3H3/t17-/m0/s1. The molecule has 0 spiro atoms. The number of imidazole rings is 1. The summed E-state index contributed by atoms with van der Waals surface area (Å²) in [7, 11) is 1.60. The van der Waals surface area contributed by atoms with Crippen LogP contribution in [0.3, 0.4) is 0 Å². The number of hydrogen-bond acceptors (Lipinski definition) is 3. The number of likely N-dealkylation sites (tertiary alicyclic amines) is 1. The molecule has 1 saturated heterocycles.